The molecule has 0 aliphatic rings. The molecule has 0 heterocycles. The third-order valence-electron chi connectivity index (χ3n) is 2.78. The van der Waals surface area contributed by atoms with Crippen LogP contribution in [-0.4, -0.2) is 12.6 Å². The number of para-hydroxylation sites is 1. The number of hydrogen-bond acceptors (Lipinski definition) is 2. The van der Waals surface area contributed by atoms with Crippen molar-refractivity contribution in [3.63, 3.8) is 0 Å². The Labute approximate surface area is 124 Å². The van der Waals surface area contributed by atoms with Crippen molar-refractivity contribution in [1.29, 1.82) is 0 Å². The minimum Gasteiger partial charge on any atom is -0.320 e. The molecule has 0 saturated carbocycles. The van der Waals surface area contributed by atoms with Gasteiger partial charge in [-0.25, -0.2) is 4.79 Å². The Hall–Kier alpha value is -2.77. The van der Waals surface area contributed by atoms with Crippen LogP contribution in [0.15, 0.2) is 48.5 Å². The van der Waals surface area contributed by atoms with E-state index in [1.165, 1.54) is 0 Å². The highest BCUT2D eigenvalue weighted by Gasteiger charge is 2.06. The molecule has 0 unspecified atom stereocenters. The van der Waals surface area contributed by atoms with Crippen molar-refractivity contribution in [3.8, 4) is 11.8 Å². The van der Waals surface area contributed by atoms with E-state index in [0.717, 1.165) is 16.8 Å². The summed E-state index contributed by atoms with van der Waals surface area (Å²) >= 11 is 0. The van der Waals surface area contributed by atoms with E-state index in [1.807, 2.05) is 55.5 Å². The van der Waals surface area contributed by atoms with Gasteiger partial charge in [0.2, 0.25) is 0 Å². The van der Waals surface area contributed by atoms with Gasteiger partial charge in [-0.15, -0.1) is 0 Å². The number of urea groups is 1. The largest absolute Gasteiger partial charge is 0.323 e. The number of hydrogen-bond donors (Lipinski definition) is 3. The lowest BCUT2D eigenvalue weighted by Crippen LogP contribution is -2.20. The van der Waals surface area contributed by atoms with Gasteiger partial charge in [0.15, 0.2) is 0 Å². The lowest BCUT2D eigenvalue weighted by atomic mass is 10.1. The minimum atomic E-state index is -0.303. The molecule has 0 atom stereocenters. The normalized spacial score (nSPS) is 9.43. The minimum absolute atomic E-state index is 0.281. The summed E-state index contributed by atoms with van der Waals surface area (Å²) < 4.78 is 0. The number of rotatable bonds is 2. The van der Waals surface area contributed by atoms with Crippen LogP contribution in [0.4, 0.5) is 16.2 Å². The molecule has 4 nitrogen and oxygen atoms in total. The maximum atomic E-state index is 12.0. The molecule has 0 spiro atoms. The third-order valence-corrected chi connectivity index (χ3v) is 2.78. The summed E-state index contributed by atoms with van der Waals surface area (Å²) in [6.07, 6.45) is 0. The van der Waals surface area contributed by atoms with Gasteiger partial charge in [-0.2, -0.15) is 0 Å². The van der Waals surface area contributed by atoms with Gasteiger partial charge >= 0.3 is 6.03 Å². The number of anilines is 2. The molecule has 0 fully saturated rings. The Kier molecular flexibility index (Phi) is 4.97. The Balaban J connectivity index is 2.14. The van der Waals surface area contributed by atoms with Crippen molar-refractivity contribution in [2.45, 2.75) is 6.92 Å². The first kappa shape index (κ1) is 14.6. The first-order valence-electron chi connectivity index (χ1n) is 6.61. The Bertz CT molecular complexity index is 684. The standard InChI is InChI=1S/C17H17N3O/c1-13-9-10-14(6-5-11-18)16(12-13)20-17(21)19-15-7-3-2-4-8-15/h2-4,7-10,12H,11,18H2,1H3,(H2,19,20,21). The van der Waals surface area contributed by atoms with Crippen molar-refractivity contribution in [3.05, 3.63) is 59.7 Å². The third kappa shape index (κ3) is 4.37. The van der Waals surface area contributed by atoms with Crippen LogP contribution in [0.3, 0.4) is 0 Å². The first-order chi connectivity index (χ1) is 10.2. The molecule has 0 aliphatic heterocycles. The predicted octanol–water partition coefficient (Wildman–Crippen LogP) is 2.95. The molecule has 0 aromatic heterocycles. The van der Waals surface area contributed by atoms with Crippen molar-refractivity contribution in [2.24, 2.45) is 5.73 Å². The molecule has 0 bridgehead atoms. The highest BCUT2D eigenvalue weighted by Crippen LogP contribution is 2.17. The number of benzene rings is 2. The molecule has 0 aliphatic carbocycles. The fraction of sp³-hybridized carbons (Fsp3) is 0.118. The number of aryl methyl sites for hydroxylation is 1. The first-order valence-corrected chi connectivity index (χ1v) is 6.61. The van der Waals surface area contributed by atoms with Gasteiger partial charge in [-0.05, 0) is 36.8 Å². The zero-order valence-corrected chi connectivity index (χ0v) is 11.8. The van der Waals surface area contributed by atoms with E-state index in [2.05, 4.69) is 22.5 Å². The lowest BCUT2D eigenvalue weighted by molar-refractivity contribution is 0.262. The SMILES string of the molecule is Cc1ccc(C#CCN)c(NC(=O)Nc2ccccc2)c1. The van der Waals surface area contributed by atoms with Crippen LogP contribution in [0.5, 0.6) is 0 Å². The zero-order chi connectivity index (χ0) is 15.1. The fourth-order valence-corrected chi connectivity index (χ4v) is 1.82. The van der Waals surface area contributed by atoms with Crippen molar-refractivity contribution < 1.29 is 4.79 Å². The molecule has 2 rings (SSSR count). The summed E-state index contributed by atoms with van der Waals surface area (Å²) in [4.78, 5) is 12.0. The van der Waals surface area contributed by atoms with E-state index in [-0.39, 0.29) is 12.6 Å². The predicted molar refractivity (Wildman–Crippen MR) is 86.2 cm³/mol. The molecule has 4 heteroatoms. The summed E-state index contributed by atoms with van der Waals surface area (Å²) in [6.45, 7) is 2.24. The molecule has 0 saturated heterocycles. The van der Waals surface area contributed by atoms with E-state index >= 15 is 0 Å². The molecule has 4 N–H and O–H groups in total. The van der Waals surface area contributed by atoms with Crippen LogP contribution in [0.2, 0.25) is 0 Å². The maximum absolute atomic E-state index is 12.0. The van der Waals surface area contributed by atoms with Crippen molar-refractivity contribution in [2.75, 3.05) is 17.2 Å². The maximum Gasteiger partial charge on any atom is 0.323 e. The van der Waals surface area contributed by atoms with Crippen LogP contribution in [0.25, 0.3) is 0 Å². The Morgan fingerprint density at radius 1 is 1.14 bits per heavy atom. The lowest BCUT2D eigenvalue weighted by Gasteiger charge is -2.10. The van der Waals surface area contributed by atoms with Gasteiger partial charge in [-0.1, -0.05) is 36.1 Å². The van der Waals surface area contributed by atoms with Gasteiger partial charge in [-0.3, -0.25) is 0 Å². The van der Waals surface area contributed by atoms with Crippen LogP contribution >= 0.6 is 0 Å². The van der Waals surface area contributed by atoms with Gasteiger partial charge in [0, 0.05) is 11.3 Å². The summed E-state index contributed by atoms with van der Waals surface area (Å²) in [6, 6.07) is 14.7. The van der Waals surface area contributed by atoms with Crippen LogP contribution in [0.1, 0.15) is 11.1 Å². The summed E-state index contributed by atoms with van der Waals surface area (Å²) in [7, 11) is 0. The molecule has 2 aromatic rings. The van der Waals surface area contributed by atoms with E-state index in [0.29, 0.717) is 5.69 Å². The van der Waals surface area contributed by atoms with Gasteiger partial charge < -0.3 is 16.4 Å². The van der Waals surface area contributed by atoms with Crippen LogP contribution in [0, 0.1) is 18.8 Å². The second-order valence-electron chi connectivity index (χ2n) is 4.50. The van der Waals surface area contributed by atoms with E-state index in [1.54, 1.807) is 0 Å². The molecule has 106 valence electrons. The topological polar surface area (TPSA) is 67.1 Å². The molecular formula is C17H17N3O. The highest BCUT2D eigenvalue weighted by atomic mass is 16.2. The average Bonchev–Trinajstić information content (AvgIpc) is 2.47. The summed E-state index contributed by atoms with van der Waals surface area (Å²) in [5.74, 6) is 5.75. The summed E-state index contributed by atoms with van der Waals surface area (Å²) in [5, 5.41) is 5.59. The molecule has 2 amide bonds. The van der Waals surface area contributed by atoms with Crippen LogP contribution in [-0.2, 0) is 0 Å². The molecular weight excluding hydrogens is 262 g/mol. The second kappa shape index (κ2) is 7.13. The van der Waals surface area contributed by atoms with Gasteiger partial charge in [0.25, 0.3) is 0 Å². The van der Waals surface area contributed by atoms with Crippen molar-refractivity contribution >= 4 is 17.4 Å². The van der Waals surface area contributed by atoms with Gasteiger partial charge in [0.05, 0.1) is 12.2 Å². The average molecular weight is 279 g/mol. The Morgan fingerprint density at radius 3 is 2.62 bits per heavy atom. The van der Waals surface area contributed by atoms with E-state index < -0.39 is 0 Å². The second-order valence-corrected chi connectivity index (χ2v) is 4.50. The number of nitrogens with two attached hydrogens (primary N) is 1. The Morgan fingerprint density at radius 2 is 1.90 bits per heavy atom. The highest BCUT2D eigenvalue weighted by molar-refractivity contribution is 6.00. The smallest absolute Gasteiger partial charge is 0.320 e. The number of nitrogens with one attached hydrogen (secondary N) is 2. The quantitative estimate of drug-likeness (QED) is 0.740. The molecule has 21 heavy (non-hydrogen) atoms. The van der Waals surface area contributed by atoms with Crippen molar-refractivity contribution in [1.82, 2.24) is 0 Å². The van der Waals surface area contributed by atoms with Gasteiger partial charge in [0.1, 0.15) is 0 Å². The number of carbonyl (C=O) groups excluding carboxylic acids is 1. The monoisotopic (exact) mass is 279 g/mol. The fourth-order valence-electron chi connectivity index (χ4n) is 1.82. The van der Waals surface area contributed by atoms with E-state index in [9.17, 15) is 4.79 Å². The zero-order valence-electron chi connectivity index (χ0n) is 11.8. The van der Waals surface area contributed by atoms with Crippen LogP contribution < -0.4 is 16.4 Å². The molecule has 0 radical (unpaired) electrons. The number of amides is 2. The number of carbonyl (C=O) groups is 1. The van der Waals surface area contributed by atoms with E-state index in [4.69, 9.17) is 5.73 Å². The molecule has 2 aromatic carbocycles. The summed E-state index contributed by atoms with van der Waals surface area (Å²) in [5.41, 5.74) is 8.58.